The average molecular weight is 310 g/mol. The minimum absolute atomic E-state index is 0.0938. The molecule has 1 saturated heterocycles. The lowest BCUT2D eigenvalue weighted by molar-refractivity contribution is 0.522. The third-order valence-corrected chi connectivity index (χ3v) is 3.99. The van der Waals surface area contributed by atoms with Crippen LogP contribution in [0.2, 0.25) is 0 Å². The summed E-state index contributed by atoms with van der Waals surface area (Å²) in [5.41, 5.74) is 0.432. The Morgan fingerprint density at radius 1 is 1.39 bits per heavy atom. The van der Waals surface area contributed by atoms with E-state index in [9.17, 15) is 4.79 Å². The van der Waals surface area contributed by atoms with Gasteiger partial charge < -0.3 is 14.8 Å². The topological polar surface area (TPSA) is 86.8 Å². The van der Waals surface area contributed by atoms with E-state index in [2.05, 4.69) is 21.4 Å². The molecule has 2 aromatic rings. The third kappa shape index (κ3) is 3.16. The van der Waals surface area contributed by atoms with Crippen LogP contribution in [0.25, 0.3) is 0 Å². The van der Waals surface area contributed by atoms with Crippen LogP contribution in [0.4, 0.5) is 11.6 Å². The Bertz CT molecular complexity index is 794. The zero-order valence-corrected chi connectivity index (χ0v) is 12.9. The van der Waals surface area contributed by atoms with Crippen molar-refractivity contribution in [1.82, 2.24) is 14.5 Å². The first-order valence-corrected chi connectivity index (χ1v) is 7.57. The molecule has 1 aliphatic heterocycles. The van der Waals surface area contributed by atoms with E-state index in [1.165, 1.54) is 4.57 Å². The van der Waals surface area contributed by atoms with Gasteiger partial charge in [-0.1, -0.05) is 0 Å². The van der Waals surface area contributed by atoms with Crippen molar-refractivity contribution in [1.29, 1.82) is 5.26 Å². The number of hydrogen-bond acceptors (Lipinski definition) is 6. The normalized spacial score (nSPS) is 17.6. The summed E-state index contributed by atoms with van der Waals surface area (Å²) in [5, 5.41) is 12.5. The molecule has 7 nitrogen and oxygen atoms in total. The average Bonchev–Trinajstić information content (AvgIpc) is 2.58. The number of nitrogens with zero attached hydrogens (tertiary/aromatic N) is 5. The van der Waals surface area contributed by atoms with Gasteiger partial charge in [-0.3, -0.25) is 4.79 Å². The zero-order valence-electron chi connectivity index (χ0n) is 12.9. The summed E-state index contributed by atoms with van der Waals surface area (Å²) in [7, 11) is 1.72. The van der Waals surface area contributed by atoms with Crippen LogP contribution in [-0.2, 0) is 7.05 Å². The van der Waals surface area contributed by atoms with E-state index < -0.39 is 0 Å². The molecule has 2 aromatic heterocycles. The van der Waals surface area contributed by atoms with Gasteiger partial charge in [0.25, 0.3) is 5.56 Å². The van der Waals surface area contributed by atoms with E-state index in [0.29, 0.717) is 23.7 Å². The summed E-state index contributed by atoms with van der Waals surface area (Å²) in [4.78, 5) is 22.7. The maximum atomic E-state index is 12.2. The van der Waals surface area contributed by atoms with E-state index in [1.807, 2.05) is 4.90 Å². The van der Waals surface area contributed by atoms with Gasteiger partial charge in [-0.25, -0.2) is 9.97 Å². The summed E-state index contributed by atoms with van der Waals surface area (Å²) in [6.45, 7) is 1.46. The molecule has 0 spiro atoms. The van der Waals surface area contributed by atoms with Gasteiger partial charge in [0, 0.05) is 44.8 Å². The van der Waals surface area contributed by atoms with Gasteiger partial charge in [0.15, 0.2) is 5.82 Å². The lowest BCUT2D eigenvalue weighted by atomic mass is 10.1. The number of anilines is 2. The minimum atomic E-state index is -0.0938. The molecule has 7 heteroatoms. The van der Waals surface area contributed by atoms with Crippen molar-refractivity contribution >= 4 is 11.6 Å². The minimum Gasteiger partial charge on any atom is -0.364 e. The van der Waals surface area contributed by atoms with Crippen molar-refractivity contribution in [2.75, 3.05) is 23.3 Å². The fraction of sp³-hybridized carbons (Fsp3) is 0.375. The Labute approximate surface area is 134 Å². The van der Waals surface area contributed by atoms with Gasteiger partial charge in [-0.05, 0) is 25.0 Å². The molecule has 1 atom stereocenters. The highest BCUT2D eigenvalue weighted by Gasteiger charge is 2.23. The molecule has 0 bridgehead atoms. The van der Waals surface area contributed by atoms with Gasteiger partial charge in [-0.2, -0.15) is 5.26 Å². The van der Waals surface area contributed by atoms with Crippen molar-refractivity contribution in [3.63, 3.8) is 0 Å². The molecule has 0 saturated carbocycles. The number of pyridine rings is 1. The molecule has 0 aliphatic carbocycles. The first kappa shape index (κ1) is 15.0. The monoisotopic (exact) mass is 310 g/mol. The second-order valence-corrected chi connectivity index (χ2v) is 5.61. The fourth-order valence-corrected chi connectivity index (χ4v) is 2.79. The predicted molar refractivity (Wildman–Crippen MR) is 87.3 cm³/mol. The number of piperidine rings is 1. The smallest absolute Gasteiger partial charge is 0.293 e. The summed E-state index contributed by atoms with van der Waals surface area (Å²) < 4.78 is 1.53. The molecule has 1 N–H and O–H groups in total. The molecule has 1 unspecified atom stereocenters. The lowest BCUT2D eigenvalue weighted by Crippen LogP contribution is -2.45. The second kappa shape index (κ2) is 6.48. The summed E-state index contributed by atoms with van der Waals surface area (Å²) in [6.07, 6.45) is 6.87. The Hall–Kier alpha value is -2.88. The molecule has 3 rings (SSSR count). The molecule has 1 fully saturated rings. The number of rotatable bonds is 3. The van der Waals surface area contributed by atoms with Crippen molar-refractivity contribution < 1.29 is 0 Å². The largest absolute Gasteiger partial charge is 0.364 e. The molecule has 3 heterocycles. The van der Waals surface area contributed by atoms with Gasteiger partial charge in [-0.15, -0.1) is 0 Å². The fourth-order valence-electron chi connectivity index (χ4n) is 2.79. The van der Waals surface area contributed by atoms with E-state index in [-0.39, 0.29) is 11.6 Å². The number of nitrogens with one attached hydrogen (secondary N) is 1. The highest BCUT2D eigenvalue weighted by Crippen LogP contribution is 2.19. The van der Waals surface area contributed by atoms with Crippen LogP contribution < -0.4 is 15.8 Å². The standard InChI is InChI=1S/C16H18N6O/c1-21-9-7-19-15(16(21)23)22-8-3-5-13(11-22)20-14-12(10-17)4-2-6-18-14/h2,4,6-7,9,13H,3,5,8,11H2,1H3,(H,18,20). The predicted octanol–water partition coefficient (Wildman–Crippen LogP) is 1.13. The van der Waals surface area contributed by atoms with Gasteiger partial charge in [0.1, 0.15) is 11.9 Å². The van der Waals surface area contributed by atoms with E-state index in [4.69, 9.17) is 5.26 Å². The summed E-state index contributed by atoms with van der Waals surface area (Å²) >= 11 is 0. The van der Waals surface area contributed by atoms with Crippen molar-refractivity contribution in [2.45, 2.75) is 18.9 Å². The number of aromatic nitrogens is 3. The molecule has 0 aromatic carbocycles. The Morgan fingerprint density at radius 3 is 3.09 bits per heavy atom. The second-order valence-electron chi connectivity index (χ2n) is 5.61. The van der Waals surface area contributed by atoms with E-state index in [1.54, 1.807) is 37.8 Å². The Kier molecular flexibility index (Phi) is 4.24. The van der Waals surface area contributed by atoms with Crippen LogP contribution in [0, 0.1) is 11.3 Å². The van der Waals surface area contributed by atoms with Crippen LogP contribution >= 0.6 is 0 Å². The first-order valence-electron chi connectivity index (χ1n) is 7.57. The summed E-state index contributed by atoms with van der Waals surface area (Å²) in [5.74, 6) is 1.07. The molecule has 23 heavy (non-hydrogen) atoms. The molecule has 118 valence electrons. The van der Waals surface area contributed by atoms with Crippen LogP contribution in [0.3, 0.4) is 0 Å². The van der Waals surface area contributed by atoms with Gasteiger partial charge >= 0.3 is 0 Å². The highest BCUT2D eigenvalue weighted by atomic mass is 16.1. The third-order valence-electron chi connectivity index (χ3n) is 3.99. The molecular formula is C16H18N6O. The summed E-state index contributed by atoms with van der Waals surface area (Å²) in [6, 6.07) is 5.75. The maximum Gasteiger partial charge on any atom is 0.293 e. The molecule has 0 amide bonds. The highest BCUT2D eigenvalue weighted by molar-refractivity contribution is 5.52. The molecule has 0 radical (unpaired) electrons. The van der Waals surface area contributed by atoms with Crippen LogP contribution in [0.15, 0.2) is 35.5 Å². The number of nitriles is 1. The van der Waals surface area contributed by atoms with Crippen molar-refractivity contribution in [3.8, 4) is 6.07 Å². The SMILES string of the molecule is Cn1ccnc(N2CCCC(Nc3ncccc3C#N)C2)c1=O. The number of aryl methyl sites for hydroxylation is 1. The van der Waals surface area contributed by atoms with Crippen LogP contribution in [0.1, 0.15) is 18.4 Å². The lowest BCUT2D eigenvalue weighted by Gasteiger charge is -2.33. The van der Waals surface area contributed by atoms with Crippen LogP contribution in [0.5, 0.6) is 0 Å². The molecule has 1 aliphatic rings. The van der Waals surface area contributed by atoms with Crippen molar-refractivity contribution in [3.05, 3.63) is 46.6 Å². The van der Waals surface area contributed by atoms with Gasteiger partial charge in [0.05, 0.1) is 5.56 Å². The Balaban J connectivity index is 1.78. The van der Waals surface area contributed by atoms with E-state index >= 15 is 0 Å². The quantitative estimate of drug-likeness (QED) is 0.914. The van der Waals surface area contributed by atoms with E-state index in [0.717, 1.165) is 19.4 Å². The Morgan fingerprint density at radius 2 is 2.26 bits per heavy atom. The van der Waals surface area contributed by atoms with Crippen LogP contribution in [-0.4, -0.2) is 33.7 Å². The van der Waals surface area contributed by atoms with Crippen molar-refractivity contribution in [2.24, 2.45) is 7.05 Å². The number of hydrogen-bond donors (Lipinski definition) is 1. The zero-order chi connectivity index (χ0) is 16.2. The maximum absolute atomic E-state index is 12.2. The molecular weight excluding hydrogens is 292 g/mol. The first-order chi connectivity index (χ1) is 11.2. The van der Waals surface area contributed by atoms with Gasteiger partial charge in [0.2, 0.25) is 0 Å².